The molecule has 7 heteroatoms. The Hall–Kier alpha value is -2.18. The molecule has 0 aromatic carbocycles. The second-order valence-corrected chi connectivity index (χ2v) is 3.94. The third-order valence-electron chi connectivity index (χ3n) is 2.51. The molecule has 2 heterocycles. The Kier molecular flexibility index (Phi) is 4.27. The van der Waals surface area contributed by atoms with E-state index in [1.807, 2.05) is 17.7 Å². The van der Waals surface area contributed by atoms with Crippen LogP contribution >= 0.6 is 0 Å². The van der Waals surface area contributed by atoms with Crippen molar-refractivity contribution in [3.63, 3.8) is 0 Å². The number of aryl methyl sites for hydroxylation is 1. The average Bonchev–Trinajstić information content (AvgIpc) is 2.87. The highest BCUT2D eigenvalue weighted by Gasteiger charge is 2.12. The Labute approximate surface area is 112 Å². The Morgan fingerprint density at radius 1 is 1.26 bits per heavy atom. The van der Waals surface area contributed by atoms with Gasteiger partial charge in [-0.05, 0) is 19.4 Å². The van der Waals surface area contributed by atoms with Crippen LogP contribution in [0.3, 0.4) is 0 Å². The Morgan fingerprint density at radius 2 is 2.11 bits per heavy atom. The van der Waals surface area contributed by atoms with E-state index in [4.69, 9.17) is 4.74 Å². The van der Waals surface area contributed by atoms with E-state index in [1.165, 1.54) is 7.11 Å². The quantitative estimate of drug-likeness (QED) is 0.851. The number of rotatable bonds is 6. The summed E-state index contributed by atoms with van der Waals surface area (Å²) in [6.07, 6.45) is 2.74. The molecular formula is C12H18N6O. The highest BCUT2D eigenvalue weighted by molar-refractivity contribution is 5.51. The van der Waals surface area contributed by atoms with Crippen LogP contribution in [0.15, 0.2) is 12.3 Å². The summed E-state index contributed by atoms with van der Waals surface area (Å²) < 4.78 is 6.99. The van der Waals surface area contributed by atoms with Crippen LogP contribution in [0.4, 0.5) is 5.95 Å². The van der Waals surface area contributed by atoms with E-state index in [9.17, 15) is 0 Å². The van der Waals surface area contributed by atoms with Gasteiger partial charge in [-0.3, -0.25) is 4.68 Å². The minimum Gasteiger partial charge on any atom is -0.467 e. The van der Waals surface area contributed by atoms with E-state index in [2.05, 4.69) is 32.3 Å². The van der Waals surface area contributed by atoms with E-state index in [0.717, 1.165) is 25.2 Å². The van der Waals surface area contributed by atoms with Crippen LogP contribution in [0, 0.1) is 0 Å². The molecule has 1 N–H and O–H groups in total. The van der Waals surface area contributed by atoms with Crippen molar-refractivity contribution in [3.05, 3.63) is 12.3 Å². The van der Waals surface area contributed by atoms with Gasteiger partial charge in [0.25, 0.3) is 0 Å². The smallest absolute Gasteiger partial charge is 0.321 e. The van der Waals surface area contributed by atoms with Crippen molar-refractivity contribution in [2.45, 2.75) is 26.8 Å². The van der Waals surface area contributed by atoms with Gasteiger partial charge in [-0.2, -0.15) is 20.1 Å². The first-order valence-electron chi connectivity index (χ1n) is 6.34. The summed E-state index contributed by atoms with van der Waals surface area (Å²) in [6, 6.07) is 2.19. The Bertz CT molecular complexity index is 539. The van der Waals surface area contributed by atoms with Crippen LogP contribution in [0.25, 0.3) is 11.5 Å². The number of methoxy groups -OCH3 is 1. The molecule has 7 nitrogen and oxygen atoms in total. The van der Waals surface area contributed by atoms with Crippen molar-refractivity contribution in [1.29, 1.82) is 0 Å². The highest BCUT2D eigenvalue weighted by Crippen LogP contribution is 2.18. The van der Waals surface area contributed by atoms with Crippen molar-refractivity contribution in [2.75, 3.05) is 19.0 Å². The SMILES string of the molecule is CCCn1nccc1-c1nc(NCC)nc(OC)n1. The minimum atomic E-state index is 0.296. The van der Waals surface area contributed by atoms with Gasteiger partial charge in [-0.1, -0.05) is 6.92 Å². The van der Waals surface area contributed by atoms with E-state index in [1.54, 1.807) is 6.20 Å². The second kappa shape index (κ2) is 6.12. The van der Waals surface area contributed by atoms with Gasteiger partial charge in [0, 0.05) is 19.3 Å². The number of hydrogen-bond acceptors (Lipinski definition) is 6. The van der Waals surface area contributed by atoms with E-state index >= 15 is 0 Å². The molecule has 0 spiro atoms. The van der Waals surface area contributed by atoms with Crippen molar-refractivity contribution >= 4 is 5.95 Å². The zero-order chi connectivity index (χ0) is 13.7. The van der Waals surface area contributed by atoms with Gasteiger partial charge in [0.15, 0.2) is 5.82 Å². The highest BCUT2D eigenvalue weighted by atomic mass is 16.5. The van der Waals surface area contributed by atoms with Gasteiger partial charge < -0.3 is 10.1 Å². The zero-order valence-corrected chi connectivity index (χ0v) is 11.4. The molecule has 2 aromatic heterocycles. The number of anilines is 1. The van der Waals surface area contributed by atoms with E-state index < -0.39 is 0 Å². The van der Waals surface area contributed by atoms with Crippen molar-refractivity contribution < 1.29 is 4.74 Å². The lowest BCUT2D eigenvalue weighted by Gasteiger charge is -2.08. The molecule has 0 saturated heterocycles. The third kappa shape index (κ3) is 2.98. The molecule has 102 valence electrons. The lowest BCUT2D eigenvalue weighted by Crippen LogP contribution is -2.08. The Balaban J connectivity index is 2.42. The lowest BCUT2D eigenvalue weighted by atomic mass is 10.4. The number of hydrogen-bond donors (Lipinski definition) is 1. The molecule has 0 fully saturated rings. The standard InChI is InChI=1S/C12H18N6O/c1-4-8-18-9(6-7-14-18)10-15-11(13-5-2)17-12(16-10)19-3/h6-7H,4-5,8H2,1-3H3,(H,13,15,16,17). The summed E-state index contributed by atoms with van der Waals surface area (Å²) in [5, 5.41) is 7.33. The molecule has 0 amide bonds. The van der Waals surface area contributed by atoms with Gasteiger partial charge in [0.05, 0.1) is 7.11 Å². The maximum atomic E-state index is 5.11. The predicted molar refractivity (Wildman–Crippen MR) is 72.1 cm³/mol. The number of nitrogens with one attached hydrogen (secondary N) is 1. The molecule has 0 aliphatic rings. The topological polar surface area (TPSA) is 77.8 Å². The maximum absolute atomic E-state index is 5.11. The fourth-order valence-electron chi connectivity index (χ4n) is 1.71. The van der Waals surface area contributed by atoms with Crippen LogP contribution in [-0.4, -0.2) is 38.4 Å². The summed E-state index contributed by atoms with van der Waals surface area (Å²) in [4.78, 5) is 12.8. The molecule has 0 unspecified atom stereocenters. The van der Waals surface area contributed by atoms with Crippen molar-refractivity contribution in [1.82, 2.24) is 24.7 Å². The molecule has 0 atom stereocenters. The van der Waals surface area contributed by atoms with Gasteiger partial charge in [-0.25, -0.2) is 0 Å². The molecule has 2 rings (SSSR count). The van der Waals surface area contributed by atoms with Crippen molar-refractivity contribution in [2.24, 2.45) is 0 Å². The molecule has 0 radical (unpaired) electrons. The summed E-state index contributed by atoms with van der Waals surface area (Å²) in [7, 11) is 1.54. The predicted octanol–water partition coefficient (Wildman–Crippen LogP) is 1.59. The fraction of sp³-hybridized carbons (Fsp3) is 0.500. The maximum Gasteiger partial charge on any atom is 0.321 e. The van der Waals surface area contributed by atoms with E-state index in [-0.39, 0.29) is 0 Å². The average molecular weight is 262 g/mol. The van der Waals surface area contributed by atoms with Crippen LogP contribution in [0.5, 0.6) is 6.01 Å². The first-order chi connectivity index (χ1) is 9.28. The summed E-state index contributed by atoms with van der Waals surface area (Å²) >= 11 is 0. The Morgan fingerprint density at radius 3 is 2.79 bits per heavy atom. The van der Waals surface area contributed by atoms with Gasteiger partial charge in [-0.15, -0.1) is 0 Å². The molecule has 0 aliphatic heterocycles. The minimum absolute atomic E-state index is 0.296. The van der Waals surface area contributed by atoms with Crippen molar-refractivity contribution in [3.8, 4) is 17.5 Å². The van der Waals surface area contributed by atoms with Crippen LogP contribution < -0.4 is 10.1 Å². The first-order valence-corrected chi connectivity index (χ1v) is 6.34. The molecule has 0 bridgehead atoms. The van der Waals surface area contributed by atoms with Crippen LogP contribution in [0.1, 0.15) is 20.3 Å². The van der Waals surface area contributed by atoms with Gasteiger partial charge >= 0.3 is 6.01 Å². The molecule has 0 saturated carbocycles. The molecule has 19 heavy (non-hydrogen) atoms. The summed E-state index contributed by atoms with van der Waals surface area (Å²) in [5.41, 5.74) is 0.863. The summed E-state index contributed by atoms with van der Waals surface area (Å²) in [5.74, 6) is 1.07. The second-order valence-electron chi connectivity index (χ2n) is 3.94. The van der Waals surface area contributed by atoms with Gasteiger partial charge in [0.2, 0.25) is 5.95 Å². The van der Waals surface area contributed by atoms with Gasteiger partial charge in [0.1, 0.15) is 5.69 Å². The normalized spacial score (nSPS) is 10.5. The third-order valence-corrected chi connectivity index (χ3v) is 2.51. The largest absolute Gasteiger partial charge is 0.467 e. The zero-order valence-electron chi connectivity index (χ0n) is 11.4. The van der Waals surface area contributed by atoms with E-state index in [0.29, 0.717) is 17.8 Å². The molecule has 2 aromatic rings. The first kappa shape index (κ1) is 13.3. The van der Waals surface area contributed by atoms with Crippen LogP contribution in [0.2, 0.25) is 0 Å². The monoisotopic (exact) mass is 262 g/mol. The molecule has 0 aliphatic carbocycles. The number of nitrogens with zero attached hydrogens (tertiary/aromatic N) is 5. The molecular weight excluding hydrogens is 244 g/mol. The number of ether oxygens (including phenoxy) is 1. The van der Waals surface area contributed by atoms with Crippen LogP contribution in [-0.2, 0) is 6.54 Å². The fourth-order valence-corrected chi connectivity index (χ4v) is 1.71. The lowest BCUT2D eigenvalue weighted by molar-refractivity contribution is 0.379. The number of aromatic nitrogens is 5. The summed E-state index contributed by atoms with van der Waals surface area (Å²) in [6.45, 7) is 5.65.